The summed E-state index contributed by atoms with van der Waals surface area (Å²) in [6, 6.07) is 17.1. The lowest BCUT2D eigenvalue weighted by Crippen LogP contribution is -2.40. The van der Waals surface area contributed by atoms with Crippen LogP contribution in [-0.4, -0.2) is 36.3 Å². The van der Waals surface area contributed by atoms with E-state index in [9.17, 15) is 0 Å². The van der Waals surface area contributed by atoms with Gasteiger partial charge in [-0.15, -0.1) is 0 Å². The number of rotatable bonds is 4. The van der Waals surface area contributed by atoms with Crippen molar-refractivity contribution in [3.05, 3.63) is 59.7 Å². The summed E-state index contributed by atoms with van der Waals surface area (Å²) in [6.07, 6.45) is 3.24. The molecule has 0 spiro atoms. The fraction of sp³-hybridized carbons (Fsp3) is 0.381. The van der Waals surface area contributed by atoms with Crippen LogP contribution in [0.25, 0.3) is 0 Å². The average molecular weight is 369 g/mol. The maximum absolute atomic E-state index is 5.74. The number of nitrogens with one attached hydrogen (secondary N) is 1. The van der Waals surface area contributed by atoms with Crippen LogP contribution in [-0.2, 0) is 6.42 Å². The molecule has 0 unspecified atom stereocenters. The topological polar surface area (TPSA) is 33.7 Å². The molecule has 0 saturated carbocycles. The molecular weight excluding hydrogens is 344 g/mol. The van der Waals surface area contributed by atoms with Gasteiger partial charge in [-0.1, -0.05) is 36.4 Å². The van der Waals surface area contributed by atoms with Gasteiger partial charge < -0.3 is 19.7 Å². The molecule has 0 aliphatic carbocycles. The van der Waals surface area contributed by atoms with Crippen LogP contribution >= 0.6 is 12.2 Å². The van der Waals surface area contributed by atoms with E-state index < -0.39 is 0 Å². The molecule has 1 saturated heterocycles. The average Bonchev–Trinajstić information content (AvgIpc) is 3.18. The first kappa shape index (κ1) is 17.2. The summed E-state index contributed by atoms with van der Waals surface area (Å²) >= 11 is 5.69. The van der Waals surface area contributed by atoms with E-state index in [2.05, 4.69) is 46.6 Å². The standard InChI is InChI=1S/C21H24N2O2S/c26-21(22-11-10-16-5-2-1-3-6-16)23-12-4-7-18(23)17-8-9-19-20(15-17)25-14-13-24-19/h1-3,5-6,8-9,15,18H,4,7,10-14H2,(H,22,26)/t18-/m0/s1. The van der Waals surface area contributed by atoms with Crippen molar-refractivity contribution in [3.63, 3.8) is 0 Å². The van der Waals surface area contributed by atoms with Crippen molar-refractivity contribution in [2.75, 3.05) is 26.3 Å². The summed E-state index contributed by atoms with van der Waals surface area (Å²) in [4.78, 5) is 2.31. The van der Waals surface area contributed by atoms with Crippen LogP contribution < -0.4 is 14.8 Å². The summed E-state index contributed by atoms with van der Waals surface area (Å²) in [5, 5.41) is 4.28. The molecule has 4 rings (SSSR count). The van der Waals surface area contributed by atoms with E-state index >= 15 is 0 Å². The molecule has 2 aromatic rings. The van der Waals surface area contributed by atoms with Crippen molar-refractivity contribution in [3.8, 4) is 11.5 Å². The molecule has 2 aromatic carbocycles. The van der Waals surface area contributed by atoms with Crippen LogP contribution in [0.5, 0.6) is 11.5 Å². The van der Waals surface area contributed by atoms with Gasteiger partial charge in [0.05, 0.1) is 6.04 Å². The maximum atomic E-state index is 5.74. The van der Waals surface area contributed by atoms with Crippen molar-refractivity contribution in [1.82, 2.24) is 10.2 Å². The van der Waals surface area contributed by atoms with E-state index in [0.29, 0.717) is 19.3 Å². The fourth-order valence-electron chi connectivity index (χ4n) is 3.68. The second-order valence-corrected chi connectivity index (χ2v) is 7.11. The molecule has 4 nitrogen and oxygen atoms in total. The van der Waals surface area contributed by atoms with Gasteiger partial charge in [0.25, 0.3) is 0 Å². The molecule has 1 fully saturated rings. The van der Waals surface area contributed by atoms with E-state index in [0.717, 1.165) is 49.0 Å². The van der Waals surface area contributed by atoms with Crippen LogP contribution in [0, 0.1) is 0 Å². The summed E-state index contributed by atoms with van der Waals surface area (Å²) in [5.41, 5.74) is 2.58. The Morgan fingerprint density at radius 2 is 1.88 bits per heavy atom. The number of ether oxygens (including phenoxy) is 2. The number of benzene rings is 2. The highest BCUT2D eigenvalue weighted by atomic mass is 32.1. The zero-order valence-corrected chi connectivity index (χ0v) is 15.6. The molecule has 2 aliphatic heterocycles. The second-order valence-electron chi connectivity index (χ2n) is 6.72. The van der Waals surface area contributed by atoms with Crippen LogP contribution in [0.2, 0.25) is 0 Å². The monoisotopic (exact) mass is 368 g/mol. The van der Waals surface area contributed by atoms with Crippen molar-refractivity contribution in [2.45, 2.75) is 25.3 Å². The Hall–Kier alpha value is -2.27. The highest BCUT2D eigenvalue weighted by molar-refractivity contribution is 7.80. The van der Waals surface area contributed by atoms with Gasteiger partial charge in [-0.2, -0.15) is 0 Å². The van der Waals surface area contributed by atoms with Crippen molar-refractivity contribution < 1.29 is 9.47 Å². The Labute approximate surface area is 160 Å². The predicted molar refractivity (Wildman–Crippen MR) is 107 cm³/mol. The van der Waals surface area contributed by atoms with E-state index in [1.54, 1.807) is 0 Å². The van der Waals surface area contributed by atoms with Crippen molar-refractivity contribution >= 4 is 17.3 Å². The molecule has 0 aromatic heterocycles. The molecule has 1 N–H and O–H groups in total. The largest absolute Gasteiger partial charge is 0.486 e. The predicted octanol–water partition coefficient (Wildman–Crippen LogP) is 3.71. The van der Waals surface area contributed by atoms with Gasteiger partial charge in [-0.25, -0.2) is 0 Å². The van der Waals surface area contributed by atoms with Gasteiger partial charge in [0.15, 0.2) is 16.6 Å². The number of likely N-dealkylation sites (tertiary alicyclic amines) is 1. The molecular formula is C21H24N2O2S. The molecule has 1 atom stereocenters. The smallest absolute Gasteiger partial charge is 0.169 e. The zero-order chi connectivity index (χ0) is 17.8. The second kappa shape index (κ2) is 7.96. The van der Waals surface area contributed by atoms with Crippen LogP contribution in [0.15, 0.2) is 48.5 Å². The van der Waals surface area contributed by atoms with Crippen molar-refractivity contribution in [2.24, 2.45) is 0 Å². The third kappa shape index (κ3) is 3.78. The lowest BCUT2D eigenvalue weighted by atomic mass is 10.0. The van der Waals surface area contributed by atoms with Gasteiger partial charge >= 0.3 is 0 Å². The Morgan fingerprint density at radius 3 is 2.73 bits per heavy atom. The Balaban J connectivity index is 1.39. The third-order valence-electron chi connectivity index (χ3n) is 5.00. The van der Waals surface area contributed by atoms with Gasteiger partial charge in [0.2, 0.25) is 0 Å². The lowest BCUT2D eigenvalue weighted by molar-refractivity contribution is 0.171. The summed E-state index contributed by atoms with van der Waals surface area (Å²) in [5.74, 6) is 1.69. The number of nitrogens with zero attached hydrogens (tertiary/aromatic N) is 1. The number of fused-ring (bicyclic) bond motifs is 1. The molecule has 136 valence electrons. The van der Waals surface area contributed by atoms with E-state index in [1.165, 1.54) is 11.1 Å². The quantitative estimate of drug-likeness (QED) is 0.832. The number of thiocarbonyl (C=S) groups is 1. The number of hydrogen-bond donors (Lipinski definition) is 1. The minimum absolute atomic E-state index is 0.308. The minimum Gasteiger partial charge on any atom is -0.486 e. The van der Waals surface area contributed by atoms with Gasteiger partial charge in [-0.3, -0.25) is 0 Å². The van der Waals surface area contributed by atoms with E-state index in [4.69, 9.17) is 21.7 Å². The van der Waals surface area contributed by atoms with Gasteiger partial charge in [0, 0.05) is 13.1 Å². The fourth-order valence-corrected chi connectivity index (χ4v) is 4.00. The van der Waals surface area contributed by atoms with Crippen LogP contribution in [0.1, 0.15) is 30.0 Å². The summed E-state index contributed by atoms with van der Waals surface area (Å²) < 4.78 is 11.4. The summed E-state index contributed by atoms with van der Waals surface area (Å²) in [6.45, 7) is 3.09. The summed E-state index contributed by atoms with van der Waals surface area (Å²) in [7, 11) is 0. The third-order valence-corrected chi connectivity index (χ3v) is 5.38. The van der Waals surface area contributed by atoms with Gasteiger partial charge in [-0.05, 0) is 54.7 Å². The molecule has 0 bridgehead atoms. The van der Waals surface area contributed by atoms with Crippen LogP contribution in [0.4, 0.5) is 0 Å². The van der Waals surface area contributed by atoms with Gasteiger partial charge in [0.1, 0.15) is 13.2 Å². The Morgan fingerprint density at radius 1 is 1.08 bits per heavy atom. The molecule has 2 aliphatic rings. The molecule has 5 heteroatoms. The SMILES string of the molecule is S=C(NCCc1ccccc1)N1CCC[C@H]1c1ccc2c(c1)OCCO2. The molecule has 0 amide bonds. The Kier molecular flexibility index (Phi) is 5.25. The first-order valence-electron chi connectivity index (χ1n) is 9.29. The highest BCUT2D eigenvalue weighted by Crippen LogP contribution is 2.38. The molecule has 0 radical (unpaired) electrons. The molecule has 26 heavy (non-hydrogen) atoms. The first-order chi connectivity index (χ1) is 12.8. The normalized spacial score (nSPS) is 18.6. The zero-order valence-electron chi connectivity index (χ0n) is 14.8. The van der Waals surface area contributed by atoms with E-state index in [-0.39, 0.29) is 0 Å². The highest BCUT2D eigenvalue weighted by Gasteiger charge is 2.29. The maximum Gasteiger partial charge on any atom is 0.169 e. The minimum atomic E-state index is 0.308. The van der Waals surface area contributed by atoms with Crippen LogP contribution in [0.3, 0.4) is 0 Å². The Bertz CT molecular complexity index is 766. The molecule has 2 heterocycles. The van der Waals surface area contributed by atoms with E-state index in [1.807, 2.05) is 12.1 Å². The first-order valence-corrected chi connectivity index (χ1v) is 9.70. The van der Waals surface area contributed by atoms with Crippen molar-refractivity contribution in [1.29, 1.82) is 0 Å². The number of hydrogen-bond acceptors (Lipinski definition) is 3. The lowest BCUT2D eigenvalue weighted by Gasteiger charge is -2.29.